The molecule has 9 aromatic rings. The maximum Gasteiger partial charge on any atom is 0.0159 e. The molecule has 0 fully saturated rings. The molecule has 11 rings (SSSR count). The minimum Gasteiger partial charge on any atom is -0.0622 e. The van der Waals surface area contributed by atoms with Gasteiger partial charge >= 0.3 is 0 Å². The lowest BCUT2D eigenvalue weighted by atomic mass is 9.79. The third kappa shape index (κ3) is 4.26. The molecule has 0 amide bonds. The Kier molecular flexibility index (Phi) is 6.46. The van der Waals surface area contributed by atoms with Gasteiger partial charge in [0.25, 0.3) is 0 Å². The van der Waals surface area contributed by atoms with Crippen molar-refractivity contribution in [3.63, 3.8) is 0 Å². The van der Waals surface area contributed by atoms with Crippen LogP contribution < -0.4 is 0 Å². The molecule has 0 N–H and O–H groups in total. The summed E-state index contributed by atoms with van der Waals surface area (Å²) in [7, 11) is 0. The van der Waals surface area contributed by atoms with Crippen LogP contribution in [-0.4, -0.2) is 0 Å². The molecule has 0 saturated carbocycles. The second kappa shape index (κ2) is 11.1. The zero-order chi connectivity index (χ0) is 36.3. The SMILES string of the molecule is CC1(C)c2ccccc2-c2cc3c(cc21)-c1ccc(-c2ccc(-c4c5ccccc5c(-c5ccccc5)c5ccc6ccccc6c45)cc2)cc1C3(C)C. The lowest BCUT2D eigenvalue weighted by Crippen LogP contribution is -2.17. The first-order valence-electron chi connectivity index (χ1n) is 19.3. The van der Waals surface area contributed by atoms with Gasteiger partial charge in [-0.25, -0.2) is 0 Å². The van der Waals surface area contributed by atoms with Gasteiger partial charge in [-0.2, -0.15) is 0 Å². The standard InChI is InChI=1S/C54H40/c1-53(2)46-21-13-12-18-39(46)44-31-49-45(32-48(44)53)40-28-27-37(30-47(40)54(49,3)4)33-22-24-36(25-23-33)51-42-20-11-10-19-41(42)50(35-15-6-5-7-16-35)43-29-26-34-14-8-9-17-38(34)52(43)51/h5-32H,1-4H3. The van der Waals surface area contributed by atoms with Crippen molar-refractivity contribution in [3.05, 3.63) is 192 Å². The molecule has 0 saturated heterocycles. The van der Waals surface area contributed by atoms with E-state index in [1.165, 1.54) is 110 Å². The molecule has 0 unspecified atom stereocenters. The van der Waals surface area contributed by atoms with Crippen molar-refractivity contribution in [2.75, 3.05) is 0 Å². The molecule has 54 heavy (non-hydrogen) atoms. The number of fused-ring (bicyclic) bond motifs is 10. The van der Waals surface area contributed by atoms with Gasteiger partial charge in [0.05, 0.1) is 0 Å². The number of benzene rings is 9. The van der Waals surface area contributed by atoms with E-state index in [1.807, 2.05) is 0 Å². The molecular weight excluding hydrogens is 649 g/mol. The van der Waals surface area contributed by atoms with Crippen LogP contribution in [0.25, 0.3) is 88.0 Å². The van der Waals surface area contributed by atoms with Crippen molar-refractivity contribution in [1.82, 2.24) is 0 Å². The van der Waals surface area contributed by atoms with Crippen molar-refractivity contribution in [2.24, 2.45) is 0 Å². The Labute approximate surface area is 317 Å². The van der Waals surface area contributed by atoms with Gasteiger partial charge in [0, 0.05) is 10.8 Å². The van der Waals surface area contributed by atoms with Crippen LogP contribution in [-0.2, 0) is 10.8 Å². The molecule has 0 aromatic heterocycles. The molecule has 0 bridgehead atoms. The van der Waals surface area contributed by atoms with E-state index in [9.17, 15) is 0 Å². The summed E-state index contributed by atoms with van der Waals surface area (Å²) in [5, 5.41) is 7.71. The molecule has 0 radical (unpaired) electrons. The molecule has 9 aromatic carbocycles. The predicted octanol–water partition coefficient (Wildman–Crippen LogP) is 14.8. The minimum absolute atomic E-state index is 0.0135. The van der Waals surface area contributed by atoms with Crippen LogP contribution in [0.4, 0.5) is 0 Å². The van der Waals surface area contributed by atoms with Gasteiger partial charge in [0.2, 0.25) is 0 Å². The van der Waals surface area contributed by atoms with Crippen LogP contribution in [0.2, 0.25) is 0 Å². The molecule has 0 heterocycles. The molecule has 256 valence electrons. The number of rotatable bonds is 3. The summed E-state index contributed by atoms with van der Waals surface area (Å²) in [6, 6.07) is 63.8. The van der Waals surface area contributed by atoms with E-state index < -0.39 is 0 Å². The Morgan fingerprint density at radius 2 is 0.815 bits per heavy atom. The summed E-state index contributed by atoms with van der Waals surface area (Å²) in [5.74, 6) is 0. The van der Waals surface area contributed by atoms with Gasteiger partial charge in [-0.05, 0) is 128 Å². The Hall–Kier alpha value is -6.24. The Balaban J connectivity index is 1.05. The summed E-state index contributed by atoms with van der Waals surface area (Å²) < 4.78 is 0. The van der Waals surface area contributed by atoms with Gasteiger partial charge in [-0.1, -0.05) is 179 Å². The molecule has 2 aliphatic rings. The van der Waals surface area contributed by atoms with E-state index >= 15 is 0 Å². The van der Waals surface area contributed by atoms with E-state index in [-0.39, 0.29) is 10.8 Å². The first-order valence-corrected chi connectivity index (χ1v) is 19.3. The van der Waals surface area contributed by atoms with Crippen LogP contribution in [0.1, 0.15) is 49.9 Å². The van der Waals surface area contributed by atoms with Crippen molar-refractivity contribution < 1.29 is 0 Å². The quantitative estimate of drug-likeness (QED) is 0.128. The zero-order valence-corrected chi connectivity index (χ0v) is 31.2. The van der Waals surface area contributed by atoms with Crippen LogP contribution in [0.15, 0.2) is 170 Å². The van der Waals surface area contributed by atoms with Crippen molar-refractivity contribution in [1.29, 1.82) is 0 Å². The average molecular weight is 689 g/mol. The second-order valence-electron chi connectivity index (χ2n) is 16.4. The predicted molar refractivity (Wildman–Crippen MR) is 230 cm³/mol. The summed E-state index contributed by atoms with van der Waals surface area (Å²) in [6.07, 6.45) is 0. The molecule has 2 aliphatic carbocycles. The maximum absolute atomic E-state index is 2.51. The van der Waals surface area contributed by atoms with E-state index in [1.54, 1.807) is 0 Å². The Morgan fingerprint density at radius 3 is 1.56 bits per heavy atom. The van der Waals surface area contributed by atoms with Crippen molar-refractivity contribution >= 4 is 32.3 Å². The van der Waals surface area contributed by atoms with Crippen LogP contribution in [0.5, 0.6) is 0 Å². The highest BCUT2D eigenvalue weighted by Gasteiger charge is 2.41. The van der Waals surface area contributed by atoms with Gasteiger partial charge in [-0.15, -0.1) is 0 Å². The fourth-order valence-corrected chi connectivity index (χ4v) is 10.1. The van der Waals surface area contributed by atoms with Gasteiger partial charge in [0.1, 0.15) is 0 Å². The molecule has 0 spiro atoms. The molecule has 0 atom stereocenters. The summed E-state index contributed by atoms with van der Waals surface area (Å²) >= 11 is 0. The number of hydrogen-bond donors (Lipinski definition) is 0. The lowest BCUT2D eigenvalue weighted by molar-refractivity contribution is 0.652. The minimum atomic E-state index is -0.100. The molecule has 0 aliphatic heterocycles. The smallest absolute Gasteiger partial charge is 0.0159 e. The topological polar surface area (TPSA) is 0 Å². The number of hydrogen-bond acceptors (Lipinski definition) is 0. The summed E-state index contributed by atoms with van der Waals surface area (Å²) in [4.78, 5) is 0. The molecular formula is C54H40. The van der Waals surface area contributed by atoms with E-state index in [0.29, 0.717) is 0 Å². The normalized spacial score (nSPS) is 14.6. The highest BCUT2D eigenvalue weighted by atomic mass is 14.4. The fourth-order valence-electron chi connectivity index (χ4n) is 10.1. The summed E-state index contributed by atoms with van der Waals surface area (Å²) in [5.41, 5.74) is 18.7. The van der Waals surface area contributed by atoms with Gasteiger partial charge < -0.3 is 0 Å². The lowest BCUT2D eigenvalue weighted by Gasteiger charge is -2.24. The fraction of sp³-hybridized carbons (Fsp3) is 0.111. The zero-order valence-electron chi connectivity index (χ0n) is 31.2. The monoisotopic (exact) mass is 688 g/mol. The molecule has 0 heteroatoms. The third-order valence-electron chi connectivity index (χ3n) is 12.9. The van der Waals surface area contributed by atoms with Crippen LogP contribution in [0.3, 0.4) is 0 Å². The molecule has 0 nitrogen and oxygen atoms in total. The maximum atomic E-state index is 2.51. The van der Waals surface area contributed by atoms with Gasteiger partial charge in [0.15, 0.2) is 0 Å². The van der Waals surface area contributed by atoms with Crippen molar-refractivity contribution in [2.45, 2.75) is 38.5 Å². The first kappa shape index (κ1) is 31.3. The largest absolute Gasteiger partial charge is 0.0622 e. The highest BCUT2D eigenvalue weighted by Crippen LogP contribution is 2.56. The second-order valence-corrected chi connectivity index (χ2v) is 16.4. The van der Waals surface area contributed by atoms with Crippen LogP contribution >= 0.6 is 0 Å². The Bertz CT molecular complexity index is 3010. The van der Waals surface area contributed by atoms with Crippen LogP contribution in [0, 0.1) is 0 Å². The van der Waals surface area contributed by atoms with E-state index in [0.717, 1.165) is 0 Å². The summed E-state index contributed by atoms with van der Waals surface area (Å²) in [6.45, 7) is 9.57. The van der Waals surface area contributed by atoms with E-state index in [2.05, 4.69) is 198 Å². The highest BCUT2D eigenvalue weighted by molar-refractivity contribution is 6.27. The van der Waals surface area contributed by atoms with Crippen molar-refractivity contribution in [3.8, 4) is 55.6 Å². The third-order valence-corrected chi connectivity index (χ3v) is 12.9. The first-order chi connectivity index (χ1) is 26.3. The average Bonchev–Trinajstić information content (AvgIpc) is 3.58. The van der Waals surface area contributed by atoms with Gasteiger partial charge in [-0.3, -0.25) is 0 Å². The Morgan fingerprint density at radius 1 is 0.296 bits per heavy atom. The van der Waals surface area contributed by atoms with E-state index in [4.69, 9.17) is 0 Å².